The second-order valence-corrected chi connectivity index (χ2v) is 7.89. The molecular weight excluding hydrogens is 334 g/mol. The molecule has 0 aromatic carbocycles. The number of carbonyl (C=O) groups is 1. The summed E-state index contributed by atoms with van der Waals surface area (Å²) in [5, 5.41) is 9.44. The first-order valence-corrected chi connectivity index (χ1v) is 10.5. The first-order valence-electron chi connectivity index (χ1n) is 8.17. The van der Waals surface area contributed by atoms with Crippen molar-refractivity contribution in [2.75, 3.05) is 39.5 Å². The summed E-state index contributed by atoms with van der Waals surface area (Å²) >= 11 is 5.18. The Kier molecular flexibility index (Phi) is 13.2. The summed E-state index contributed by atoms with van der Waals surface area (Å²) in [6.07, 6.45) is 0.847. The second-order valence-electron chi connectivity index (χ2n) is 4.75. The van der Waals surface area contributed by atoms with Crippen LogP contribution in [0.25, 0.3) is 0 Å². The van der Waals surface area contributed by atoms with E-state index in [0.717, 1.165) is 12.5 Å². The fraction of sp³-hybridized carbons (Fsp3) is 0.857. The maximum absolute atomic E-state index is 10.7. The molecule has 0 saturated carbocycles. The van der Waals surface area contributed by atoms with E-state index in [1.807, 2.05) is 20.8 Å². The number of rotatable bonds is 13. The van der Waals surface area contributed by atoms with Crippen molar-refractivity contribution in [1.29, 1.82) is 0 Å². The molecule has 0 saturated heterocycles. The molecule has 0 rings (SSSR count). The highest BCUT2D eigenvalue weighted by Gasteiger charge is 2.39. The highest BCUT2D eigenvalue weighted by Crippen LogP contribution is 2.17. The average molecular weight is 366 g/mol. The zero-order valence-electron chi connectivity index (χ0n) is 14.7. The molecule has 0 aromatic rings. The van der Waals surface area contributed by atoms with Gasteiger partial charge in [-0.3, -0.25) is 4.79 Å². The molecule has 0 fully saturated rings. The van der Waals surface area contributed by atoms with E-state index in [0.29, 0.717) is 44.6 Å². The standard InChI is InChI=1S/C14H31N3O4SSi/c1-5-19-23(20-6-2,21-7-3)12-8-9-16-14(22)17-11-10-15-13(4)18/h5-12H2,1-4H3,(H,15,18)(H2,16,17,22). The van der Waals surface area contributed by atoms with Gasteiger partial charge in [0.15, 0.2) is 5.11 Å². The van der Waals surface area contributed by atoms with E-state index in [2.05, 4.69) is 16.0 Å². The van der Waals surface area contributed by atoms with E-state index in [1.54, 1.807) is 0 Å². The van der Waals surface area contributed by atoms with E-state index in [1.165, 1.54) is 6.92 Å². The average Bonchev–Trinajstić information content (AvgIpc) is 2.49. The van der Waals surface area contributed by atoms with Crippen LogP contribution in [0.15, 0.2) is 0 Å². The molecule has 1 amide bonds. The Morgan fingerprint density at radius 2 is 1.39 bits per heavy atom. The molecule has 23 heavy (non-hydrogen) atoms. The summed E-state index contributed by atoms with van der Waals surface area (Å²) < 4.78 is 17.4. The van der Waals surface area contributed by atoms with Crippen LogP contribution in [0, 0.1) is 0 Å². The lowest BCUT2D eigenvalue weighted by Crippen LogP contribution is -2.46. The number of amides is 1. The first-order chi connectivity index (χ1) is 11.0. The minimum atomic E-state index is -2.56. The number of thiocarbonyl (C=S) groups is 1. The Morgan fingerprint density at radius 3 is 1.87 bits per heavy atom. The van der Waals surface area contributed by atoms with Crippen LogP contribution >= 0.6 is 12.2 Å². The molecule has 0 aliphatic carbocycles. The summed E-state index contributed by atoms with van der Waals surface area (Å²) in [6, 6.07) is 0.754. The highest BCUT2D eigenvalue weighted by atomic mass is 32.1. The predicted molar refractivity (Wildman–Crippen MR) is 97.3 cm³/mol. The Morgan fingerprint density at radius 1 is 0.913 bits per heavy atom. The Bertz CT molecular complexity index is 331. The third kappa shape index (κ3) is 11.4. The van der Waals surface area contributed by atoms with Crippen molar-refractivity contribution < 1.29 is 18.1 Å². The van der Waals surface area contributed by atoms with Crippen molar-refractivity contribution >= 4 is 32.0 Å². The Labute approximate surface area is 146 Å². The molecule has 9 heteroatoms. The van der Waals surface area contributed by atoms with Crippen LogP contribution in [0.3, 0.4) is 0 Å². The van der Waals surface area contributed by atoms with Gasteiger partial charge in [-0.1, -0.05) is 0 Å². The van der Waals surface area contributed by atoms with Crippen LogP contribution in [0.4, 0.5) is 0 Å². The number of hydrogen-bond donors (Lipinski definition) is 3. The van der Waals surface area contributed by atoms with Gasteiger partial charge in [-0.15, -0.1) is 0 Å². The molecule has 0 radical (unpaired) electrons. The zero-order chi connectivity index (χ0) is 17.6. The Balaban J connectivity index is 3.99. The summed E-state index contributed by atoms with van der Waals surface area (Å²) in [5.41, 5.74) is 0. The van der Waals surface area contributed by atoms with Gasteiger partial charge in [-0.05, 0) is 39.4 Å². The molecule has 0 aliphatic heterocycles. The van der Waals surface area contributed by atoms with Crippen molar-refractivity contribution in [3.8, 4) is 0 Å². The number of nitrogens with one attached hydrogen (secondary N) is 3. The van der Waals surface area contributed by atoms with Gasteiger partial charge in [0, 0.05) is 52.4 Å². The SMILES string of the molecule is CCO[Si](CCCNC(=S)NCCNC(C)=O)(OCC)OCC. The van der Waals surface area contributed by atoms with Crippen LogP contribution in [0.1, 0.15) is 34.1 Å². The molecular formula is C14H31N3O4SSi. The monoisotopic (exact) mass is 365 g/mol. The van der Waals surface area contributed by atoms with Crippen LogP contribution in [-0.2, 0) is 18.1 Å². The minimum absolute atomic E-state index is 0.0465. The van der Waals surface area contributed by atoms with Crippen molar-refractivity contribution in [2.45, 2.75) is 40.2 Å². The zero-order valence-corrected chi connectivity index (χ0v) is 16.5. The molecule has 3 N–H and O–H groups in total. The largest absolute Gasteiger partial charge is 0.500 e. The topological polar surface area (TPSA) is 80.9 Å². The van der Waals surface area contributed by atoms with E-state index in [-0.39, 0.29) is 5.91 Å². The Hall–Kier alpha value is -0.743. The van der Waals surface area contributed by atoms with Gasteiger partial charge in [-0.2, -0.15) is 0 Å². The first kappa shape index (κ1) is 22.3. The van der Waals surface area contributed by atoms with E-state index >= 15 is 0 Å². The lowest BCUT2D eigenvalue weighted by Gasteiger charge is -2.28. The van der Waals surface area contributed by atoms with Crippen molar-refractivity contribution in [3.05, 3.63) is 0 Å². The molecule has 0 aliphatic rings. The summed E-state index contributed by atoms with van der Waals surface area (Å²) in [4.78, 5) is 10.7. The van der Waals surface area contributed by atoms with Crippen LogP contribution in [0.5, 0.6) is 0 Å². The van der Waals surface area contributed by atoms with Gasteiger partial charge in [0.05, 0.1) is 0 Å². The molecule has 136 valence electrons. The maximum Gasteiger partial charge on any atom is 0.500 e. The molecule has 0 spiro atoms. The highest BCUT2D eigenvalue weighted by molar-refractivity contribution is 7.80. The predicted octanol–water partition coefficient (Wildman–Crippen LogP) is 1.03. The smallest absolute Gasteiger partial charge is 0.374 e. The fourth-order valence-corrected chi connectivity index (χ4v) is 4.80. The van der Waals surface area contributed by atoms with Gasteiger partial charge in [0.25, 0.3) is 0 Å². The van der Waals surface area contributed by atoms with Crippen molar-refractivity contribution in [1.82, 2.24) is 16.0 Å². The number of hydrogen-bond acceptors (Lipinski definition) is 5. The molecule has 0 atom stereocenters. The minimum Gasteiger partial charge on any atom is -0.374 e. The van der Waals surface area contributed by atoms with Gasteiger partial charge in [0.2, 0.25) is 5.91 Å². The summed E-state index contributed by atoms with van der Waals surface area (Å²) in [7, 11) is -2.56. The lowest BCUT2D eigenvalue weighted by molar-refractivity contribution is -0.118. The van der Waals surface area contributed by atoms with Crippen molar-refractivity contribution in [3.63, 3.8) is 0 Å². The van der Waals surface area contributed by atoms with Gasteiger partial charge < -0.3 is 29.2 Å². The lowest BCUT2D eigenvalue weighted by atomic mass is 10.5. The van der Waals surface area contributed by atoms with Crippen molar-refractivity contribution in [2.24, 2.45) is 0 Å². The van der Waals surface area contributed by atoms with Gasteiger partial charge in [-0.25, -0.2) is 0 Å². The second kappa shape index (κ2) is 13.7. The quantitative estimate of drug-likeness (QED) is 0.255. The normalized spacial score (nSPS) is 11.1. The van der Waals surface area contributed by atoms with Crippen LogP contribution < -0.4 is 16.0 Å². The van der Waals surface area contributed by atoms with Gasteiger partial charge in [0.1, 0.15) is 0 Å². The van der Waals surface area contributed by atoms with Crippen LogP contribution in [-0.4, -0.2) is 59.3 Å². The summed E-state index contributed by atoms with van der Waals surface area (Å²) in [5.74, 6) is -0.0465. The molecule has 0 unspecified atom stereocenters. The van der Waals surface area contributed by atoms with Crippen LogP contribution in [0.2, 0.25) is 6.04 Å². The number of carbonyl (C=O) groups excluding carboxylic acids is 1. The molecule has 7 nitrogen and oxygen atoms in total. The van der Waals surface area contributed by atoms with E-state index in [9.17, 15) is 4.79 Å². The maximum atomic E-state index is 10.7. The molecule has 0 aromatic heterocycles. The third-order valence-corrected chi connectivity index (χ3v) is 6.26. The summed E-state index contributed by atoms with van der Waals surface area (Å²) in [6.45, 7) is 11.0. The fourth-order valence-electron chi connectivity index (χ4n) is 1.99. The molecule has 0 bridgehead atoms. The third-order valence-electron chi connectivity index (χ3n) is 2.82. The van der Waals surface area contributed by atoms with E-state index in [4.69, 9.17) is 25.5 Å². The van der Waals surface area contributed by atoms with E-state index < -0.39 is 8.80 Å². The molecule has 0 heterocycles. The van der Waals surface area contributed by atoms with Gasteiger partial charge >= 0.3 is 8.80 Å².